The van der Waals surface area contributed by atoms with Crippen LogP contribution >= 0.6 is 0 Å². The first-order chi connectivity index (χ1) is 23.8. The van der Waals surface area contributed by atoms with Gasteiger partial charge < -0.3 is 10.1 Å². The average Bonchev–Trinajstić information content (AvgIpc) is 3.11. The second kappa shape index (κ2) is 16.3. The standard InChI is InChI=1S/C33H23FN.C13H24O2.Ir/c1-21-18-22(2)20-24(19-21)33-29-12-13-30-31(34)15-14-27(32(30)28(29)16-17-35-33)26-11-7-6-10-25(26)23-8-4-3-5-9-23;1-7-12(3,4)10(14)9-11(15)13(5,6)8-2;/h3-19H,1-2H3;9,14H,7-8H2,1-6H3;/q-1;;/b;10-9-;. The maximum atomic E-state index is 15.1. The topological polar surface area (TPSA) is 50.2 Å². The minimum Gasteiger partial charge on any atom is -0.512 e. The largest absolute Gasteiger partial charge is 0.512 e. The van der Waals surface area contributed by atoms with E-state index in [1.54, 1.807) is 6.07 Å². The second-order valence-electron chi connectivity index (χ2n) is 14.4. The van der Waals surface area contributed by atoms with Crippen molar-refractivity contribution < 1.29 is 34.4 Å². The van der Waals surface area contributed by atoms with E-state index in [1.165, 1.54) is 11.6 Å². The Labute approximate surface area is 316 Å². The van der Waals surface area contributed by atoms with Crippen LogP contribution in [-0.4, -0.2) is 15.9 Å². The molecule has 1 radical (unpaired) electrons. The van der Waals surface area contributed by atoms with E-state index in [0.29, 0.717) is 5.39 Å². The van der Waals surface area contributed by atoms with Crippen molar-refractivity contribution in [2.75, 3.05) is 0 Å². The van der Waals surface area contributed by atoms with Gasteiger partial charge in [-0.25, -0.2) is 4.39 Å². The van der Waals surface area contributed by atoms with Crippen LogP contribution in [0.15, 0.2) is 115 Å². The van der Waals surface area contributed by atoms with Crippen molar-refractivity contribution in [2.24, 2.45) is 10.8 Å². The van der Waals surface area contributed by atoms with Gasteiger partial charge in [0.1, 0.15) is 11.6 Å². The van der Waals surface area contributed by atoms with Crippen LogP contribution in [0.3, 0.4) is 0 Å². The van der Waals surface area contributed by atoms with E-state index in [0.717, 1.165) is 68.1 Å². The molecule has 0 aliphatic rings. The Morgan fingerprint density at radius 2 is 1.39 bits per heavy atom. The number of aryl methyl sites for hydroxylation is 2. The van der Waals surface area contributed by atoms with E-state index < -0.39 is 0 Å². The molecular formula is C46H47FIrNO2-. The molecule has 6 aromatic rings. The quantitative estimate of drug-likeness (QED) is 0.0718. The van der Waals surface area contributed by atoms with Gasteiger partial charge in [0.2, 0.25) is 0 Å². The van der Waals surface area contributed by atoms with Crippen molar-refractivity contribution in [3.05, 3.63) is 138 Å². The van der Waals surface area contributed by atoms with E-state index in [1.807, 2.05) is 109 Å². The number of hydrogen-bond acceptors (Lipinski definition) is 3. The number of carbonyl (C=O) groups excluding carboxylic acids is 1. The van der Waals surface area contributed by atoms with Gasteiger partial charge in [0.25, 0.3) is 0 Å². The van der Waals surface area contributed by atoms with Gasteiger partial charge in [-0.2, -0.15) is 0 Å². The number of allylic oxidation sites excluding steroid dienone is 2. The smallest absolute Gasteiger partial charge is 0.164 e. The Morgan fingerprint density at radius 3 is 2.04 bits per heavy atom. The molecule has 1 N–H and O–H groups in total. The Hall–Kier alpha value is -4.44. The van der Waals surface area contributed by atoms with Gasteiger partial charge in [0, 0.05) is 48.6 Å². The van der Waals surface area contributed by atoms with Crippen molar-refractivity contribution in [1.29, 1.82) is 0 Å². The Bertz CT molecular complexity index is 2180. The summed E-state index contributed by atoms with van der Waals surface area (Å²) in [6, 6.07) is 35.7. The predicted molar refractivity (Wildman–Crippen MR) is 208 cm³/mol. The molecule has 0 aliphatic heterocycles. The summed E-state index contributed by atoms with van der Waals surface area (Å²) >= 11 is 0. The maximum absolute atomic E-state index is 15.1. The molecule has 265 valence electrons. The van der Waals surface area contributed by atoms with Crippen LogP contribution in [-0.2, 0) is 24.9 Å². The predicted octanol–water partition coefficient (Wildman–Crippen LogP) is 12.8. The summed E-state index contributed by atoms with van der Waals surface area (Å²) in [6.45, 7) is 15.8. The van der Waals surface area contributed by atoms with Crippen LogP contribution in [0.4, 0.5) is 4.39 Å². The Morgan fingerprint density at radius 1 is 0.765 bits per heavy atom. The third-order valence-corrected chi connectivity index (χ3v) is 9.97. The van der Waals surface area contributed by atoms with Gasteiger partial charge in [0.15, 0.2) is 5.78 Å². The van der Waals surface area contributed by atoms with Crippen LogP contribution in [0, 0.1) is 36.6 Å². The summed E-state index contributed by atoms with van der Waals surface area (Å²) in [5, 5.41) is 13.3. The monoisotopic (exact) mass is 857 g/mol. The first-order valence-corrected chi connectivity index (χ1v) is 17.4. The minimum atomic E-state index is -0.377. The number of halogens is 1. The van der Waals surface area contributed by atoms with E-state index in [-0.39, 0.29) is 48.3 Å². The van der Waals surface area contributed by atoms with E-state index in [2.05, 4.69) is 49.4 Å². The number of aliphatic hydroxyl groups excluding tert-OH is 1. The van der Waals surface area contributed by atoms with E-state index in [4.69, 9.17) is 4.98 Å². The van der Waals surface area contributed by atoms with Gasteiger partial charge in [-0.05, 0) is 69.1 Å². The average molecular weight is 857 g/mol. The molecule has 0 atom stereocenters. The summed E-state index contributed by atoms with van der Waals surface area (Å²) in [5.74, 6) is -0.0280. The first kappa shape index (κ1) is 39.3. The molecule has 0 bridgehead atoms. The summed E-state index contributed by atoms with van der Waals surface area (Å²) in [7, 11) is 0. The Kier molecular flexibility index (Phi) is 12.6. The molecule has 1 aromatic heterocycles. The zero-order valence-electron chi connectivity index (χ0n) is 30.8. The normalized spacial score (nSPS) is 11.9. The SMILES string of the molecule is CCC(C)(C)C(=O)/C=C(\O)C(C)(C)CC.Cc1[c-]c(-c2nccc3c2ccc2c(F)ccc(-c4ccccc4-c4ccccc4)c23)cc(C)c1.[Ir]. The number of nitrogens with zero attached hydrogens (tertiary/aromatic N) is 1. The molecule has 0 spiro atoms. The van der Waals surface area contributed by atoms with Crippen molar-refractivity contribution in [3.8, 4) is 33.5 Å². The summed E-state index contributed by atoms with van der Waals surface area (Å²) in [4.78, 5) is 16.6. The fraction of sp³-hybridized carbons (Fsp3) is 0.261. The molecule has 0 saturated carbocycles. The first-order valence-electron chi connectivity index (χ1n) is 17.4. The number of pyridine rings is 1. The number of ketones is 1. The van der Waals surface area contributed by atoms with Crippen molar-refractivity contribution >= 4 is 27.3 Å². The third-order valence-electron chi connectivity index (χ3n) is 9.97. The van der Waals surface area contributed by atoms with Crippen molar-refractivity contribution in [3.63, 3.8) is 0 Å². The maximum Gasteiger partial charge on any atom is 0.164 e. The summed E-state index contributed by atoms with van der Waals surface area (Å²) in [6.07, 6.45) is 4.81. The summed E-state index contributed by atoms with van der Waals surface area (Å²) in [5.41, 5.74) is 7.71. The van der Waals surface area contributed by atoms with Crippen molar-refractivity contribution in [1.82, 2.24) is 4.98 Å². The van der Waals surface area contributed by atoms with Gasteiger partial charge in [-0.3, -0.25) is 4.79 Å². The number of aliphatic hydroxyl groups is 1. The van der Waals surface area contributed by atoms with Crippen LogP contribution < -0.4 is 0 Å². The van der Waals surface area contributed by atoms with Crippen LogP contribution in [0.1, 0.15) is 65.5 Å². The van der Waals surface area contributed by atoms with Crippen molar-refractivity contribution in [2.45, 2.75) is 68.2 Å². The molecule has 0 unspecified atom stereocenters. The molecule has 0 amide bonds. The van der Waals surface area contributed by atoms with Gasteiger partial charge in [-0.15, -0.1) is 34.9 Å². The molecular weight excluding hydrogens is 810 g/mol. The Balaban J connectivity index is 0.000000312. The molecule has 6 rings (SSSR count). The van der Waals surface area contributed by atoms with Gasteiger partial charge >= 0.3 is 0 Å². The number of fused-ring (bicyclic) bond motifs is 3. The molecule has 0 fully saturated rings. The van der Waals surface area contributed by atoms with Crippen LogP contribution in [0.25, 0.3) is 55.1 Å². The molecule has 3 nitrogen and oxygen atoms in total. The fourth-order valence-electron chi connectivity index (χ4n) is 5.99. The molecule has 0 saturated heterocycles. The number of rotatable bonds is 8. The fourth-order valence-corrected chi connectivity index (χ4v) is 5.99. The molecule has 1 heterocycles. The number of hydrogen-bond donors (Lipinski definition) is 1. The summed E-state index contributed by atoms with van der Waals surface area (Å²) < 4.78 is 15.1. The van der Waals surface area contributed by atoms with Gasteiger partial charge in [0.05, 0.1) is 0 Å². The molecule has 5 aromatic carbocycles. The minimum absolute atomic E-state index is 0. The van der Waals surface area contributed by atoms with E-state index >= 15 is 4.39 Å². The third kappa shape index (κ3) is 8.55. The molecule has 51 heavy (non-hydrogen) atoms. The number of aromatic nitrogens is 1. The zero-order chi connectivity index (χ0) is 36.2. The van der Waals surface area contributed by atoms with Crippen LogP contribution in [0.2, 0.25) is 0 Å². The molecule has 5 heteroatoms. The second-order valence-corrected chi connectivity index (χ2v) is 14.4. The molecule has 0 aliphatic carbocycles. The van der Waals surface area contributed by atoms with E-state index in [9.17, 15) is 9.90 Å². The number of benzene rings is 5. The number of carbonyl (C=O) groups is 1. The van der Waals surface area contributed by atoms with Gasteiger partial charge in [-0.1, -0.05) is 128 Å². The zero-order valence-corrected chi connectivity index (χ0v) is 33.2. The van der Waals surface area contributed by atoms with Crippen LogP contribution in [0.5, 0.6) is 0 Å².